The maximum Gasteiger partial charge on any atom is 0.328 e. The van der Waals surface area contributed by atoms with Gasteiger partial charge in [-0.2, -0.15) is 0 Å². The highest BCUT2D eigenvalue weighted by Crippen LogP contribution is 2.41. The molecule has 3 aromatic rings. The summed E-state index contributed by atoms with van der Waals surface area (Å²) in [6.07, 6.45) is 1.17. The molecule has 1 unspecified atom stereocenters. The molecule has 4 amide bonds. The van der Waals surface area contributed by atoms with Gasteiger partial charge in [0.15, 0.2) is 0 Å². The van der Waals surface area contributed by atoms with E-state index in [-0.39, 0.29) is 12.2 Å². The molecule has 2 heterocycles. The Morgan fingerprint density at radius 1 is 1.06 bits per heavy atom. The highest BCUT2D eigenvalue weighted by atomic mass is 16.2. The first-order valence-corrected chi connectivity index (χ1v) is 9.99. The highest BCUT2D eigenvalue weighted by Gasteiger charge is 2.55. The van der Waals surface area contributed by atoms with Crippen LogP contribution in [-0.4, -0.2) is 38.4 Å². The molecular weight excluding hydrogens is 398 g/mol. The van der Waals surface area contributed by atoms with Crippen LogP contribution in [0.25, 0.3) is 11.0 Å². The third kappa shape index (κ3) is 2.69. The highest BCUT2D eigenvalue weighted by molar-refractivity contribution is 6.11. The molecule has 0 bridgehead atoms. The zero-order valence-electron chi connectivity index (χ0n) is 17.1. The number of aromatic nitrogens is 2. The van der Waals surface area contributed by atoms with Gasteiger partial charge in [-0.05, 0) is 42.2 Å². The van der Waals surface area contributed by atoms with Crippen molar-refractivity contribution < 1.29 is 14.4 Å². The van der Waals surface area contributed by atoms with Crippen LogP contribution in [-0.2, 0) is 35.6 Å². The summed E-state index contributed by atoms with van der Waals surface area (Å²) in [5, 5.41) is 5.53. The maximum atomic E-state index is 13.2. The molecule has 2 aromatic carbocycles. The summed E-state index contributed by atoms with van der Waals surface area (Å²) in [7, 11) is 3.33. The van der Waals surface area contributed by atoms with Crippen LogP contribution >= 0.6 is 0 Å². The van der Waals surface area contributed by atoms with Gasteiger partial charge in [0, 0.05) is 19.8 Å². The van der Waals surface area contributed by atoms with Gasteiger partial charge in [-0.25, -0.2) is 9.59 Å². The minimum Gasteiger partial charge on any atom is -0.324 e. The second-order valence-corrected chi connectivity index (χ2v) is 8.04. The zero-order valence-corrected chi connectivity index (χ0v) is 17.1. The number of nitrogens with one attached hydrogen (secondary N) is 2. The second kappa shape index (κ2) is 6.56. The molecule has 1 spiro atoms. The lowest BCUT2D eigenvalue weighted by Crippen LogP contribution is -2.42. The van der Waals surface area contributed by atoms with Gasteiger partial charge in [0.05, 0.1) is 11.0 Å². The summed E-state index contributed by atoms with van der Waals surface area (Å²) in [4.78, 5) is 51.4. The first-order valence-electron chi connectivity index (χ1n) is 9.99. The molecule has 0 saturated carbocycles. The lowest BCUT2D eigenvalue weighted by molar-refractivity contribution is -0.134. The van der Waals surface area contributed by atoms with E-state index >= 15 is 0 Å². The predicted molar refractivity (Wildman–Crippen MR) is 113 cm³/mol. The summed E-state index contributed by atoms with van der Waals surface area (Å²) in [5.41, 5.74) is 2.46. The van der Waals surface area contributed by atoms with Gasteiger partial charge in [-0.1, -0.05) is 24.3 Å². The fraction of sp³-hybridized carbons (Fsp3) is 0.273. The van der Waals surface area contributed by atoms with Crippen LogP contribution in [0, 0.1) is 0 Å². The third-order valence-electron chi connectivity index (χ3n) is 6.28. The first kappa shape index (κ1) is 19.1. The number of imide groups is 1. The fourth-order valence-corrected chi connectivity index (χ4v) is 4.66. The van der Waals surface area contributed by atoms with Crippen molar-refractivity contribution in [3.05, 3.63) is 64.1 Å². The standard InChI is InChI=1S/C22H21N5O4/c1-25-16-8-7-14(11-17(16)26(2)21(25)31)23-18(28)12-27-19(29)22(24-20(27)30)10-9-13-5-3-4-6-15(13)22/h3-8,11H,9-10,12H2,1-2H3,(H,23,28)(H,24,30). The van der Waals surface area contributed by atoms with Crippen LogP contribution in [0.15, 0.2) is 47.3 Å². The van der Waals surface area contributed by atoms with Crippen molar-refractivity contribution in [2.75, 3.05) is 11.9 Å². The Morgan fingerprint density at radius 3 is 2.61 bits per heavy atom. The van der Waals surface area contributed by atoms with Gasteiger partial charge < -0.3 is 10.6 Å². The molecule has 2 aliphatic rings. The quantitative estimate of drug-likeness (QED) is 0.623. The molecule has 9 heteroatoms. The lowest BCUT2D eigenvalue weighted by atomic mass is 9.92. The molecule has 9 nitrogen and oxygen atoms in total. The number of fused-ring (bicyclic) bond motifs is 3. The number of aryl methyl sites for hydroxylation is 3. The Bertz CT molecular complexity index is 1340. The van der Waals surface area contributed by atoms with Gasteiger partial charge in [0.25, 0.3) is 5.91 Å². The number of carbonyl (C=O) groups is 3. The van der Waals surface area contributed by atoms with E-state index < -0.39 is 23.4 Å². The van der Waals surface area contributed by atoms with E-state index in [1.807, 2.05) is 24.3 Å². The summed E-state index contributed by atoms with van der Waals surface area (Å²) in [5.74, 6) is -0.898. The number of hydrogen-bond donors (Lipinski definition) is 2. The molecule has 1 aliphatic heterocycles. The number of imidazole rings is 1. The van der Waals surface area contributed by atoms with E-state index in [0.29, 0.717) is 24.0 Å². The zero-order chi connectivity index (χ0) is 21.9. The van der Waals surface area contributed by atoms with Crippen LogP contribution < -0.4 is 16.3 Å². The Morgan fingerprint density at radius 2 is 1.81 bits per heavy atom. The summed E-state index contributed by atoms with van der Waals surface area (Å²) < 4.78 is 3.01. The molecule has 158 valence electrons. The van der Waals surface area contributed by atoms with Crippen molar-refractivity contribution >= 4 is 34.6 Å². The molecule has 5 rings (SSSR count). The summed E-state index contributed by atoms with van der Waals surface area (Å²) >= 11 is 0. The van der Waals surface area contributed by atoms with Gasteiger partial charge in [0.2, 0.25) is 5.91 Å². The second-order valence-electron chi connectivity index (χ2n) is 8.04. The largest absolute Gasteiger partial charge is 0.328 e. The maximum absolute atomic E-state index is 13.2. The molecule has 0 radical (unpaired) electrons. The van der Waals surface area contributed by atoms with Crippen LogP contribution in [0.4, 0.5) is 10.5 Å². The summed E-state index contributed by atoms with van der Waals surface area (Å²) in [6.45, 7) is -0.389. The Hall–Kier alpha value is -3.88. The van der Waals surface area contributed by atoms with Gasteiger partial charge >= 0.3 is 11.7 Å². The van der Waals surface area contributed by atoms with E-state index in [0.717, 1.165) is 21.5 Å². The molecule has 1 aromatic heterocycles. The average Bonchev–Trinajstić information content (AvgIpc) is 3.32. The van der Waals surface area contributed by atoms with E-state index in [1.54, 1.807) is 32.3 Å². The van der Waals surface area contributed by atoms with E-state index in [2.05, 4.69) is 10.6 Å². The summed E-state index contributed by atoms with van der Waals surface area (Å²) in [6, 6.07) is 12.1. The Labute approximate surface area is 177 Å². The SMILES string of the molecule is Cn1c(=O)n(C)c2cc(NC(=O)CN3C(=O)NC4(CCc5ccccc54)C3=O)ccc21. The monoisotopic (exact) mass is 419 g/mol. The predicted octanol–water partition coefficient (Wildman–Crippen LogP) is 1.21. The van der Waals surface area contributed by atoms with Crippen molar-refractivity contribution in [3.8, 4) is 0 Å². The number of urea groups is 1. The number of amides is 4. The number of nitrogens with zero attached hydrogens (tertiary/aromatic N) is 3. The number of carbonyl (C=O) groups excluding carboxylic acids is 3. The molecule has 31 heavy (non-hydrogen) atoms. The Kier molecular flexibility index (Phi) is 4.04. The van der Waals surface area contributed by atoms with E-state index in [1.165, 1.54) is 9.13 Å². The van der Waals surface area contributed by atoms with Crippen molar-refractivity contribution in [1.29, 1.82) is 0 Å². The van der Waals surface area contributed by atoms with Crippen molar-refractivity contribution in [1.82, 2.24) is 19.4 Å². The van der Waals surface area contributed by atoms with Crippen LogP contribution in [0.1, 0.15) is 17.5 Å². The van der Waals surface area contributed by atoms with E-state index in [4.69, 9.17) is 0 Å². The van der Waals surface area contributed by atoms with Gasteiger partial charge in [-0.15, -0.1) is 0 Å². The van der Waals surface area contributed by atoms with Crippen molar-refractivity contribution in [2.24, 2.45) is 14.1 Å². The van der Waals surface area contributed by atoms with Crippen LogP contribution in [0.3, 0.4) is 0 Å². The molecular formula is C22H21N5O4. The number of rotatable bonds is 3. The first-order chi connectivity index (χ1) is 14.8. The normalized spacial score (nSPS) is 19.9. The third-order valence-corrected chi connectivity index (χ3v) is 6.28. The minimum absolute atomic E-state index is 0.167. The number of anilines is 1. The smallest absolute Gasteiger partial charge is 0.324 e. The average molecular weight is 419 g/mol. The molecule has 1 atom stereocenters. The van der Waals surface area contributed by atoms with E-state index in [9.17, 15) is 19.2 Å². The van der Waals surface area contributed by atoms with Gasteiger partial charge in [-0.3, -0.25) is 23.6 Å². The van der Waals surface area contributed by atoms with Crippen LogP contribution in [0.2, 0.25) is 0 Å². The van der Waals surface area contributed by atoms with Gasteiger partial charge in [0.1, 0.15) is 12.1 Å². The molecule has 2 N–H and O–H groups in total. The van der Waals surface area contributed by atoms with Crippen LogP contribution in [0.5, 0.6) is 0 Å². The Balaban J connectivity index is 1.36. The number of benzene rings is 2. The van der Waals surface area contributed by atoms with Crippen molar-refractivity contribution in [3.63, 3.8) is 0 Å². The molecule has 1 fully saturated rings. The molecule has 1 saturated heterocycles. The molecule has 1 aliphatic carbocycles. The number of hydrogen-bond acceptors (Lipinski definition) is 4. The fourth-order valence-electron chi connectivity index (χ4n) is 4.66. The van der Waals surface area contributed by atoms with Crippen molar-refractivity contribution in [2.45, 2.75) is 18.4 Å². The minimum atomic E-state index is -1.09. The lowest BCUT2D eigenvalue weighted by Gasteiger charge is -2.22. The topological polar surface area (TPSA) is 105 Å².